The third kappa shape index (κ3) is 6.75. The highest BCUT2D eigenvalue weighted by Gasteiger charge is 2.41. The van der Waals surface area contributed by atoms with Crippen LogP contribution < -0.4 is 16.0 Å². The Morgan fingerprint density at radius 3 is 2.55 bits per heavy atom. The van der Waals surface area contributed by atoms with E-state index in [2.05, 4.69) is 40.0 Å². The fraction of sp³-hybridized carbons (Fsp3) is 0.406. The van der Waals surface area contributed by atoms with E-state index in [0.717, 1.165) is 24.0 Å². The Labute approximate surface area is 251 Å². The zero-order chi connectivity index (χ0) is 29.7. The van der Waals surface area contributed by atoms with Gasteiger partial charge in [-0.1, -0.05) is 67.8 Å². The summed E-state index contributed by atoms with van der Waals surface area (Å²) in [5.41, 5.74) is 1.49. The van der Waals surface area contributed by atoms with Gasteiger partial charge in [-0.2, -0.15) is 0 Å². The van der Waals surface area contributed by atoms with Gasteiger partial charge in [-0.25, -0.2) is 14.2 Å². The number of anilines is 2. The van der Waals surface area contributed by atoms with Crippen molar-refractivity contribution in [1.82, 2.24) is 15.2 Å². The lowest BCUT2D eigenvalue weighted by Gasteiger charge is -2.37. The van der Waals surface area contributed by atoms with Gasteiger partial charge in [0, 0.05) is 26.3 Å². The second kappa shape index (κ2) is 13.2. The predicted octanol–water partition coefficient (Wildman–Crippen LogP) is 6.18. The molecule has 1 saturated heterocycles. The molecule has 3 unspecified atom stereocenters. The highest BCUT2D eigenvalue weighted by atomic mass is 35.5. The van der Waals surface area contributed by atoms with E-state index >= 15 is 4.39 Å². The molecule has 3 atom stereocenters. The minimum absolute atomic E-state index is 0.0720. The number of likely N-dealkylation sites (tertiary alicyclic amines) is 1. The average molecular weight is 594 g/mol. The van der Waals surface area contributed by atoms with Gasteiger partial charge in [0.2, 0.25) is 5.91 Å². The third-order valence-electron chi connectivity index (χ3n) is 8.21. The molecule has 2 aliphatic rings. The van der Waals surface area contributed by atoms with Crippen LogP contribution in [0.2, 0.25) is 5.02 Å². The summed E-state index contributed by atoms with van der Waals surface area (Å²) < 4.78 is 20.8. The standard InChI is InChI=1S/C32H37ClFN5O3/c1-3-36-32(16-15-21-9-10-21,22-7-5-4-6-8-22)23-11-13-26(34)27(17-23)37-30(40)28-18-25(42-2)20-39(28)31(41)38-29-14-12-24(33)19-35-29/h4-8,11-14,17,19,21,25,28,36H,3,9-10,15-16,18,20H2,1-2H3,(H,37,40)(H,35,38,41). The van der Waals surface area contributed by atoms with E-state index in [1.807, 2.05) is 18.2 Å². The number of ether oxygens (including phenoxy) is 1. The number of benzene rings is 2. The van der Waals surface area contributed by atoms with E-state index in [0.29, 0.717) is 23.3 Å². The first kappa shape index (κ1) is 29.9. The zero-order valence-electron chi connectivity index (χ0n) is 23.9. The largest absolute Gasteiger partial charge is 0.380 e. The number of urea groups is 1. The second-order valence-corrected chi connectivity index (χ2v) is 11.5. The number of carbonyl (C=O) groups is 2. The number of rotatable bonds is 11. The van der Waals surface area contributed by atoms with Crippen molar-refractivity contribution in [3.8, 4) is 0 Å². The molecule has 42 heavy (non-hydrogen) atoms. The lowest BCUT2D eigenvalue weighted by molar-refractivity contribution is -0.119. The summed E-state index contributed by atoms with van der Waals surface area (Å²) in [6.07, 6.45) is 5.73. The molecule has 2 fully saturated rings. The summed E-state index contributed by atoms with van der Waals surface area (Å²) in [5, 5.41) is 9.63. The van der Waals surface area contributed by atoms with Gasteiger partial charge in [-0.15, -0.1) is 0 Å². The van der Waals surface area contributed by atoms with Crippen LogP contribution in [0.15, 0.2) is 66.9 Å². The number of nitrogens with one attached hydrogen (secondary N) is 3. The molecule has 10 heteroatoms. The SMILES string of the molecule is CCNC(CCC1CC1)(c1ccccc1)c1ccc(F)c(NC(=O)C2CC(OC)CN2C(=O)Nc2ccc(Cl)cn2)c1. The van der Waals surface area contributed by atoms with E-state index in [1.165, 1.54) is 37.1 Å². The zero-order valence-corrected chi connectivity index (χ0v) is 24.7. The molecular formula is C32H37ClFN5O3. The molecule has 1 saturated carbocycles. The van der Waals surface area contributed by atoms with E-state index in [1.54, 1.807) is 24.3 Å². The molecule has 3 amide bonds. The number of carbonyl (C=O) groups excluding carboxylic acids is 2. The number of nitrogens with zero attached hydrogens (tertiary/aromatic N) is 2. The predicted molar refractivity (Wildman–Crippen MR) is 162 cm³/mol. The summed E-state index contributed by atoms with van der Waals surface area (Å²) in [7, 11) is 1.54. The summed E-state index contributed by atoms with van der Waals surface area (Å²) in [6.45, 7) is 2.98. The second-order valence-electron chi connectivity index (χ2n) is 11.0. The molecule has 0 spiro atoms. The van der Waals surface area contributed by atoms with Gasteiger partial charge < -0.3 is 20.3 Å². The average Bonchev–Trinajstić information content (AvgIpc) is 3.73. The van der Waals surface area contributed by atoms with Crippen molar-refractivity contribution >= 4 is 35.0 Å². The molecule has 0 radical (unpaired) electrons. The van der Waals surface area contributed by atoms with E-state index < -0.39 is 29.3 Å². The maximum atomic E-state index is 15.3. The monoisotopic (exact) mass is 593 g/mol. The van der Waals surface area contributed by atoms with Crippen molar-refractivity contribution in [3.63, 3.8) is 0 Å². The maximum Gasteiger partial charge on any atom is 0.323 e. The smallest absolute Gasteiger partial charge is 0.323 e. The van der Waals surface area contributed by atoms with Crippen LogP contribution >= 0.6 is 11.6 Å². The van der Waals surface area contributed by atoms with Crippen molar-refractivity contribution in [3.05, 3.63) is 88.8 Å². The Morgan fingerprint density at radius 2 is 1.88 bits per heavy atom. The Hall–Kier alpha value is -3.53. The molecule has 1 aliphatic carbocycles. The van der Waals surface area contributed by atoms with Crippen LogP contribution in [-0.4, -0.2) is 54.2 Å². The molecule has 1 aromatic heterocycles. The van der Waals surface area contributed by atoms with Crippen LogP contribution in [0.3, 0.4) is 0 Å². The Balaban J connectivity index is 1.40. The van der Waals surface area contributed by atoms with Crippen molar-refractivity contribution in [2.75, 3.05) is 30.8 Å². The molecule has 0 bridgehead atoms. The first-order valence-corrected chi connectivity index (χ1v) is 14.8. The molecule has 1 aliphatic heterocycles. The number of methoxy groups -OCH3 is 1. The lowest BCUT2D eigenvalue weighted by atomic mass is 9.78. The van der Waals surface area contributed by atoms with Crippen molar-refractivity contribution < 1.29 is 18.7 Å². The van der Waals surface area contributed by atoms with Crippen molar-refractivity contribution in [1.29, 1.82) is 0 Å². The van der Waals surface area contributed by atoms with Crippen LogP contribution in [-0.2, 0) is 15.1 Å². The highest BCUT2D eigenvalue weighted by Crippen LogP contribution is 2.42. The Bertz CT molecular complexity index is 1390. The van der Waals surface area contributed by atoms with Crippen LogP contribution in [0.4, 0.5) is 20.7 Å². The molecule has 2 heterocycles. The number of hydrogen-bond donors (Lipinski definition) is 3. The number of halogens is 2. The summed E-state index contributed by atoms with van der Waals surface area (Å²) >= 11 is 5.90. The van der Waals surface area contributed by atoms with E-state index in [-0.39, 0.29) is 24.8 Å². The highest BCUT2D eigenvalue weighted by molar-refractivity contribution is 6.30. The number of amides is 3. The first-order chi connectivity index (χ1) is 20.3. The molecule has 3 aromatic rings. The van der Waals surface area contributed by atoms with Gasteiger partial charge in [0.25, 0.3) is 0 Å². The summed E-state index contributed by atoms with van der Waals surface area (Å²) in [6, 6.07) is 16.9. The quantitative estimate of drug-likeness (QED) is 0.247. The van der Waals surface area contributed by atoms with Gasteiger partial charge in [-0.3, -0.25) is 10.1 Å². The van der Waals surface area contributed by atoms with Crippen LogP contribution in [0, 0.1) is 11.7 Å². The lowest BCUT2D eigenvalue weighted by Crippen LogP contribution is -2.45. The Morgan fingerprint density at radius 1 is 1.10 bits per heavy atom. The summed E-state index contributed by atoms with van der Waals surface area (Å²) in [5.74, 6) is -0.0235. The molecule has 3 N–H and O–H groups in total. The third-order valence-corrected chi connectivity index (χ3v) is 8.43. The minimum Gasteiger partial charge on any atom is -0.380 e. The van der Waals surface area contributed by atoms with Crippen LogP contribution in [0.25, 0.3) is 0 Å². The normalized spacial score (nSPS) is 19.8. The van der Waals surface area contributed by atoms with Gasteiger partial charge >= 0.3 is 6.03 Å². The van der Waals surface area contributed by atoms with Gasteiger partial charge in [0.05, 0.1) is 22.4 Å². The van der Waals surface area contributed by atoms with Gasteiger partial charge in [0.1, 0.15) is 17.7 Å². The molecule has 8 nitrogen and oxygen atoms in total. The first-order valence-electron chi connectivity index (χ1n) is 14.5. The maximum absolute atomic E-state index is 15.3. The summed E-state index contributed by atoms with van der Waals surface area (Å²) in [4.78, 5) is 32.3. The fourth-order valence-corrected chi connectivity index (χ4v) is 5.89. The molecule has 2 aromatic carbocycles. The fourth-order valence-electron chi connectivity index (χ4n) is 5.77. The molecular weight excluding hydrogens is 557 g/mol. The number of pyridine rings is 1. The molecule has 222 valence electrons. The van der Waals surface area contributed by atoms with Crippen LogP contribution in [0.5, 0.6) is 0 Å². The van der Waals surface area contributed by atoms with E-state index in [4.69, 9.17) is 16.3 Å². The van der Waals surface area contributed by atoms with Crippen molar-refractivity contribution in [2.24, 2.45) is 5.92 Å². The number of aromatic nitrogens is 1. The topological polar surface area (TPSA) is 95.6 Å². The number of hydrogen-bond acceptors (Lipinski definition) is 5. The van der Waals surface area contributed by atoms with Gasteiger partial charge in [0.15, 0.2) is 0 Å². The molecule has 5 rings (SSSR count). The minimum atomic E-state index is -0.868. The van der Waals surface area contributed by atoms with Crippen LogP contribution in [0.1, 0.15) is 50.2 Å². The Kier molecular flexibility index (Phi) is 9.40. The van der Waals surface area contributed by atoms with E-state index in [9.17, 15) is 9.59 Å². The van der Waals surface area contributed by atoms with Crippen molar-refractivity contribution in [2.45, 2.75) is 56.7 Å². The van der Waals surface area contributed by atoms with Gasteiger partial charge in [-0.05, 0) is 60.7 Å².